The lowest BCUT2D eigenvalue weighted by atomic mass is 9.59. The van der Waals surface area contributed by atoms with E-state index in [1.165, 1.54) is 0 Å². The molecule has 216 valence electrons. The number of fused-ring (bicyclic) bond motifs is 2. The average Bonchev–Trinajstić information content (AvgIpc) is 3.81. The van der Waals surface area contributed by atoms with E-state index in [0.29, 0.717) is 49.6 Å². The summed E-state index contributed by atoms with van der Waals surface area (Å²) in [6.07, 6.45) is 6.91. The highest BCUT2D eigenvalue weighted by Gasteiger charge is 2.73. The van der Waals surface area contributed by atoms with Crippen molar-refractivity contribution in [2.45, 2.75) is 81.8 Å². The van der Waals surface area contributed by atoms with Crippen LogP contribution in [0.3, 0.4) is 0 Å². The maximum absolute atomic E-state index is 14.1. The topological polar surface area (TPSA) is 138 Å². The summed E-state index contributed by atoms with van der Waals surface area (Å²) in [5.74, 6) is -1.25. The van der Waals surface area contributed by atoms with Gasteiger partial charge < -0.3 is 25.3 Å². The number of benzene rings is 1. The van der Waals surface area contributed by atoms with E-state index in [9.17, 15) is 24.0 Å². The third-order valence-corrected chi connectivity index (χ3v) is 10.2. The van der Waals surface area contributed by atoms with E-state index in [0.717, 1.165) is 43.0 Å². The van der Waals surface area contributed by atoms with Gasteiger partial charge in [0, 0.05) is 35.8 Å². The summed E-state index contributed by atoms with van der Waals surface area (Å²) in [5, 5.41) is 6.41. The van der Waals surface area contributed by atoms with Gasteiger partial charge in [-0.3, -0.25) is 24.0 Å². The Hall–Kier alpha value is -3.69. The van der Waals surface area contributed by atoms with Crippen LogP contribution in [0.25, 0.3) is 10.9 Å². The van der Waals surface area contributed by atoms with E-state index in [-0.39, 0.29) is 35.5 Å². The number of methoxy groups -OCH3 is 1. The van der Waals surface area contributed by atoms with E-state index in [1.54, 1.807) is 18.1 Å². The summed E-state index contributed by atoms with van der Waals surface area (Å²) >= 11 is 0. The number of aromatic amines is 1. The van der Waals surface area contributed by atoms with Gasteiger partial charge in [-0.25, -0.2) is 0 Å². The Labute approximate surface area is 237 Å². The molecule has 0 radical (unpaired) electrons. The van der Waals surface area contributed by atoms with Crippen molar-refractivity contribution in [3.63, 3.8) is 0 Å². The van der Waals surface area contributed by atoms with E-state index < -0.39 is 29.2 Å². The molecule has 3 amide bonds. The summed E-state index contributed by atoms with van der Waals surface area (Å²) in [7, 11) is 1.58. The zero-order chi connectivity index (χ0) is 28.5. The number of hydrogen-bond donors (Lipinski definition) is 3. The molecular weight excluding hydrogens is 524 g/mol. The van der Waals surface area contributed by atoms with Crippen LogP contribution in [-0.4, -0.2) is 70.4 Å². The van der Waals surface area contributed by atoms with Crippen LogP contribution in [0.2, 0.25) is 0 Å². The molecule has 2 aromatic rings. The number of ether oxygens (including phenoxy) is 1. The Morgan fingerprint density at radius 1 is 1.12 bits per heavy atom. The highest BCUT2D eigenvalue weighted by molar-refractivity contribution is 6.38. The molecule has 0 spiro atoms. The maximum Gasteiger partial charge on any atom is 0.289 e. The van der Waals surface area contributed by atoms with E-state index in [2.05, 4.69) is 15.6 Å². The van der Waals surface area contributed by atoms with Gasteiger partial charge in [0.2, 0.25) is 11.7 Å². The van der Waals surface area contributed by atoms with Gasteiger partial charge >= 0.3 is 0 Å². The lowest BCUT2D eigenvalue weighted by Gasteiger charge is -2.47. The molecular formula is C31H36N4O6. The molecule has 2 aliphatic heterocycles. The molecule has 4 aliphatic carbocycles. The number of carbonyl (C=O) groups excluding carboxylic acids is 5. The summed E-state index contributed by atoms with van der Waals surface area (Å²) in [6, 6.07) is 6.22. The van der Waals surface area contributed by atoms with Gasteiger partial charge in [-0.15, -0.1) is 0 Å². The first-order chi connectivity index (χ1) is 19.7. The van der Waals surface area contributed by atoms with Gasteiger partial charge in [-0.05, 0) is 87.3 Å². The van der Waals surface area contributed by atoms with Crippen molar-refractivity contribution in [2.75, 3.05) is 13.7 Å². The first-order valence-electron chi connectivity index (χ1n) is 14.9. The van der Waals surface area contributed by atoms with Crippen LogP contribution in [-0.2, 0) is 19.2 Å². The third-order valence-electron chi connectivity index (χ3n) is 10.2. The number of aromatic nitrogens is 1. The van der Waals surface area contributed by atoms with Crippen LogP contribution < -0.4 is 15.4 Å². The molecule has 10 heteroatoms. The Bertz CT molecular complexity index is 1460. The molecule has 1 aromatic carbocycles. The zero-order valence-corrected chi connectivity index (χ0v) is 23.3. The second-order valence-electron chi connectivity index (χ2n) is 12.9. The molecule has 3 N–H and O–H groups in total. The monoisotopic (exact) mass is 560 g/mol. The van der Waals surface area contributed by atoms with Crippen molar-refractivity contribution in [1.29, 1.82) is 0 Å². The van der Waals surface area contributed by atoms with E-state index >= 15 is 0 Å². The molecule has 6 aliphatic rings. The average molecular weight is 561 g/mol. The normalized spacial score (nSPS) is 29.2. The molecule has 2 saturated heterocycles. The summed E-state index contributed by atoms with van der Waals surface area (Å²) < 4.78 is 5.47. The number of nitrogens with zero attached hydrogens (tertiary/aromatic N) is 1. The third kappa shape index (κ3) is 4.33. The number of Topliss-reactive ketones (excluding diaryl/α,β-unsaturated/α-hetero) is 2. The van der Waals surface area contributed by atoms with Crippen LogP contribution in [0.5, 0.6) is 5.75 Å². The van der Waals surface area contributed by atoms with Gasteiger partial charge in [-0.2, -0.15) is 0 Å². The Balaban J connectivity index is 1.16. The minimum atomic E-state index is -1.10. The van der Waals surface area contributed by atoms with Crippen molar-refractivity contribution in [2.24, 2.45) is 17.3 Å². The second kappa shape index (κ2) is 9.42. The maximum atomic E-state index is 14.1. The number of hydrogen-bond acceptors (Lipinski definition) is 6. The number of rotatable bonds is 10. The second-order valence-corrected chi connectivity index (χ2v) is 12.9. The van der Waals surface area contributed by atoms with Crippen LogP contribution in [0, 0.1) is 17.3 Å². The summed E-state index contributed by atoms with van der Waals surface area (Å²) in [4.78, 5) is 71.6. The highest BCUT2D eigenvalue weighted by atomic mass is 16.5. The minimum absolute atomic E-state index is 0.00169. The lowest BCUT2D eigenvalue weighted by Crippen LogP contribution is -2.64. The fourth-order valence-electron chi connectivity index (χ4n) is 7.70. The van der Waals surface area contributed by atoms with E-state index in [1.807, 2.05) is 18.2 Å². The van der Waals surface area contributed by atoms with Crippen LogP contribution in [0.15, 0.2) is 24.3 Å². The Morgan fingerprint density at radius 3 is 2.56 bits per heavy atom. The van der Waals surface area contributed by atoms with Gasteiger partial charge in [0.05, 0.1) is 13.2 Å². The molecule has 41 heavy (non-hydrogen) atoms. The largest absolute Gasteiger partial charge is 0.496 e. The molecule has 1 aromatic heterocycles. The van der Waals surface area contributed by atoms with Crippen molar-refractivity contribution < 1.29 is 28.7 Å². The summed E-state index contributed by atoms with van der Waals surface area (Å²) in [6.45, 7) is 0.484. The fourth-order valence-corrected chi connectivity index (χ4v) is 7.70. The molecule has 2 atom stereocenters. The standard InChI is InChI=1S/C31H36N4O6/c1-41-25-7-3-5-21-20(25)13-23(33-21)28(39)35-16-30(18-8-9-18)14-31(35,15-30)29(40)34-22(12-17-4-2-6-24(17)36)26(37)27(38)32-19-10-11-19/h3,5,7,13,17-19,22,33H,2,4,6,8-12,14-16H2,1H3,(H,32,38)(H,34,40)/t17-,22-,30?,31?/m0/s1. The number of carbonyl (C=O) groups is 5. The van der Waals surface area contributed by atoms with Crippen molar-refractivity contribution >= 4 is 40.2 Å². The highest BCUT2D eigenvalue weighted by Crippen LogP contribution is 2.68. The van der Waals surface area contributed by atoms with Crippen molar-refractivity contribution in [3.05, 3.63) is 30.0 Å². The zero-order valence-electron chi connectivity index (χ0n) is 23.3. The number of nitrogens with one attached hydrogen (secondary N) is 3. The van der Waals surface area contributed by atoms with E-state index in [4.69, 9.17) is 4.74 Å². The molecule has 0 unspecified atom stereocenters. The minimum Gasteiger partial charge on any atom is -0.496 e. The summed E-state index contributed by atoms with van der Waals surface area (Å²) in [5.41, 5.74) is -0.0425. The van der Waals surface area contributed by atoms with Gasteiger partial charge in [-0.1, -0.05) is 6.07 Å². The fraction of sp³-hybridized carbons (Fsp3) is 0.581. The Morgan fingerprint density at radius 2 is 1.90 bits per heavy atom. The number of amides is 3. The number of ketones is 2. The van der Waals surface area contributed by atoms with Gasteiger partial charge in [0.15, 0.2) is 0 Å². The van der Waals surface area contributed by atoms with Crippen LogP contribution in [0.4, 0.5) is 0 Å². The van der Waals surface area contributed by atoms with Crippen LogP contribution in [0.1, 0.15) is 74.7 Å². The molecule has 6 fully saturated rings. The quantitative estimate of drug-likeness (QED) is 0.382. The smallest absolute Gasteiger partial charge is 0.289 e. The van der Waals surface area contributed by atoms with Crippen molar-refractivity contribution in [3.8, 4) is 5.75 Å². The first kappa shape index (κ1) is 26.2. The lowest BCUT2D eigenvalue weighted by molar-refractivity contribution is -0.143. The van der Waals surface area contributed by atoms with Crippen molar-refractivity contribution in [1.82, 2.24) is 20.5 Å². The van der Waals surface area contributed by atoms with Gasteiger partial charge in [0.1, 0.15) is 22.8 Å². The SMILES string of the molecule is COc1cccc2[nH]c(C(=O)N3CC4(C5CC5)CC3(C(=O)N[C@@H](C[C@@H]3CCCC3=O)C(=O)C(=O)NC3CC3)C4)cc12. The predicted octanol–water partition coefficient (Wildman–Crippen LogP) is 2.65. The Kier molecular flexibility index (Phi) is 6.03. The van der Waals surface area contributed by atoms with Gasteiger partial charge in [0.25, 0.3) is 11.8 Å². The predicted molar refractivity (Wildman–Crippen MR) is 148 cm³/mol. The molecule has 3 heterocycles. The molecule has 2 bridgehead atoms. The van der Waals surface area contributed by atoms with Crippen LogP contribution >= 0.6 is 0 Å². The number of H-pyrrole nitrogens is 1. The first-order valence-corrected chi connectivity index (χ1v) is 14.9. The molecule has 4 saturated carbocycles. The molecule has 10 nitrogen and oxygen atoms in total. The molecule has 8 rings (SSSR count).